The topological polar surface area (TPSA) is 78.4 Å². The first kappa shape index (κ1) is 15.4. The van der Waals surface area contributed by atoms with Crippen molar-refractivity contribution in [2.45, 2.75) is 13.2 Å². The monoisotopic (exact) mass is 354 g/mol. The van der Waals surface area contributed by atoms with Gasteiger partial charge in [0.15, 0.2) is 0 Å². The number of ether oxygens (including phenoxy) is 1. The Morgan fingerprint density at radius 1 is 1.33 bits per heavy atom. The Morgan fingerprint density at radius 2 is 2.10 bits per heavy atom. The van der Waals surface area contributed by atoms with Crippen molar-refractivity contribution >= 4 is 21.6 Å². The maximum Gasteiger partial charge on any atom is 0.304 e. The van der Waals surface area contributed by atoms with Crippen LogP contribution in [0.5, 0.6) is 5.75 Å². The van der Waals surface area contributed by atoms with Gasteiger partial charge in [0.1, 0.15) is 12.4 Å². The molecule has 0 aromatic heterocycles. The molecule has 0 spiro atoms. The van der Waals surface area contributed by atoms with Crippen LogP contribution in [-0.2, 0) is 13.2 Å². The van der Waals surface area contributed by atoms with Gasteiger partial charge in [0, 0.05) is 18.2 Å². The molecule has 0 atom stereocenters. The third-order valence-electron chi connectivity index (χ3n) is 2.86. The first-order valence-corrected chi connectivity index (χ1v) is 6.85. The lowest BCUT2D eigenvalue weighted by Gasteiger charge is -2.12. The van der Waals surface area contributed by atoms with Gasteiger partial charge in [0.25, 0.3) is 0 Å². The van der Waals surface area contributed by atoms with E-state index in [1.807, 2.05) is 18.2 Å². The summed E-state index contributed by atoms with van der Waals surface area (Å²) in [5.41, 5.74) is 6.39. The van der Waals surface area contributed by atoms with E-state index in [-0.39, 0.29) is 6.61 Å². The number of nitro groups is 1. The Hall–Kier alpha value is -1.99. The summed E-state index contributed by atoms with van der Waals surface area (Å²) in [4.78, 5) is 9.79. The number of nitrogens with two attached hydrogens (primary N) is 1. The van der Waals surface area contributed by atoms with E-state index in [0.29, 0.717) is 17.9 Å². The number of nitrogens with zero attached hydrogens (tertiary/aromatic N) is 1. The van der Waals surface area contributed by atoms with Gasteiger partial charge in [-0.15, -0.1) is 0 Å². The zero-order chi connectivity index (χ0) is 15.4. The highest BCUT2D eigenvalue weighted by atomic mass is 79.9. The van der Waals surface area contributed by atoms with Gasteiger partial charge in [-0.25, -0.2) is 0 Å². The number of hydrogen-bond donors (Lipinski definition) is 1. The van der Waals surface area contributed by atoms with E-state index < -0.39 is 16.4 Å². The van der Waals surface area contributed by atoms with Crippen molar-refractivity contribution < 1.29 is 14.1 Å². The molecule has 2 rings (SSSR count). The van der Waals surface area contributed by atoms with Crippen LogP contribution in [0.3, 0.4) is 0 Å². The molecule has 0 bridgehead atoms. The van der Waals surface area contributed by atoms with Crippen molar-refractivity contribution in [1.29, 1.82) is 0 Å². The van der Waals surface area contributed by atoms with Crippen LogP contribution in [0, 0.1) is 15.9 Å². The zero-order valence-electron chi connectivity index (χ0n) is 10.9. The SMILES string of the molecule is NCc1cccc(Br)c1OCc1ccc([N+](=O)[O-])c(F)c1. The lowest BCUT2D eigenvalue weighted by Crippen LogP contribution is -2.04. The lowest BCUT2D eigenvalue weighted by atomic mass is 10.2. The molecule has 0 heterocycles. The van der Waals surface area contributed by atoms with Gasteiger partial charge in [0.2, 0.25) is 5.82 Å². The number of rotatable bonds is 5. The summed E-state index contributed by atoms with van der Waals surface area (Å²) >= 11 is 3.36. The molecule has 0 unspecified atom stereocenters. The third kappa shape index (κ3) is 3.56. The first-order valence-electron chi connectivity index (χ1n) is 6.06. The van der Waals surface area contributed by atoms with E-state index in [1.165, 1.54) is 6.07 Å². The average molecular weight is 355 g/mol. The molecule has 2 aromatic carbocycles. The Labute approximate surface area is 128 Å². The van der Waals surface area contributed by atoms with Crippen LogP contribution < -0.4 is 10.5 Å². The molecule has 0 aliphatic carbocycles. The van der Waals surface area contributed by atoms with Crippen LogP contribution in [-0.4, -0.2) is 4.92 Å². The van der Waals surface area contributed by atoms with E-state index in [4.69, 9.17) is 10.5 Å². The number of benzene rings is 2. The molecular weight excluding hydrogens is 343 g/mol. The van der Waals surface area contributed by atoms with Crippen LogP contribution in [0.15, 0.2) is 40.9 Å². The standard InChI is InChI=1S/C14H12BrFN2O3/c15-11-3-1-2-10(7-17)14(11)21-8-9-4-5-13(18(19)20)12(16)6-9/h1-6H,7-8,17H2. The highest BCUT2D eigenvalue weighted by Crippen LogP contribution is 2.30. The summed E-state index contributed by atoms with van der Waals surface area (Å²) < 4.78 is 19.9. The van der Waals surface area contributed by atoms with E-state index in [1.54, 1.807) is 0 Å². The highest BCUT2D eigenvalue weighted by molar-refractivity contribution is 9.10. The fraction of sp³-hybridized carbons (Fsp3) is 0.143. The molecule has 2 aromatic rings. The molecular formula is C14H12BrFN2O3. The Balaban J connectivity index is 2.17. The van der Waals surface area contributed by atoms with Gasteiger partial charge in [0.05, 0.1) is 9.40 Å². The number of hydrogen-bond acceptors (Lipinski definition) is 4. The number of para-hydroxylation sites is 1. The molecule has 110 valence electrons. The third-order valence-corrected chi connectivity index (χ3v) is 3.48. The maximum absolute atomic E-state index is 13.5. The van der Waals surface area contributed by atoms with Crippen molar-refractivity contribution in [3.63, 3.8) is 0 Å². The quantitative estimate of drug-likeness (QED) is 0.657. The van der Waals surface area contributed by atoms with Crippen LogP contribution in [0.1, 0.15) is 11.1 Å². The Bertz CT molecular complexity index is 679. The molecule has 7 heteroatoms. The smallest absolute Gasteiger partial charge is 0.304 e. The second-order valence-electron chi connectivity index (χ2n) is 4.26. The summed E-state index contributed by atoms with van der Waals surface area (Å²) in [5.74, 6) is -0.300. The normalized spacial score (nSPS) is 10.4. The fourth-order valence-corrected chi connectivity index (χ4v) is 2.34. The number of nitro benzene ring substituents is 1. The van der Waals surface area contributed by atoms with Crippen LogP contribution in [0.25, 0.3) is 0 Å². The second-order valence-corrected chi connectivity index (χ2v) is 5.12. The van der Waals surface area contributed by atoms with Crippen molar-refractivity contribution in [2.24, 2.45) is 5.73 Å². The summed E-state index contributed by atoms with van der Waals surface area (Å²) in [6.07, 6.45) is 0. The maximum atomic E-state index is 13.5. The van der Waals surface area contributed by atoms with E-state index >= 15 is 0 Å². The molecule has 0 fully saturated rings. The lowest BCUT2D eigenvalue weighted by molar-refractivity contribution is -0.387. The van der Waals surface area contributed by atoms with Crippen LogP contribution in [0.2, 0.25) is 0 Å². The molecule has 21 heavy (non-hydrogen) atoms. The minimum absolute atomic E-state index is 0.0878. The largest absolute Gasteiger partial charge is 0.487 e. The summed E-state index contributed by atoms with van der Waals surface area (Å²) in [6, 6.07) is 9.15. The molecule has 0 radical (unpaired) electrons. The minimum Gasteiger partial charge on any atom is -0.487 e. The van der Waals surface area contributed by atoms with Gasteiger partial charge in [-0.2, -0.15) is 4.39 Å². The number of halogens is 2. The van der Waals surface area contributed by atoms with Crippen molar-refractivity contribution in [2.75, 3.05) is 0 Å². The molecule has 0 aliphatic rings. The second kappa shape index (κ2) is 6.64. The molecule has 0 amide bonds. The molecule has 2 N–H and O–H groups in total. The highest BCUT2D eigenvalue weighted by Gasteiger charge is 2.14. The minimum atomic E-state index is -0.882. The van der Waals surface area contributed by atoms with Crippen molar-refractivity contribution in [3.8, 4) is 5.75 Å². The van der Waals surface area contributed by atoms with Crippen LogP contribution >= 0.6 is 15.9 Å². The van der Waals surface area contributed by atoms with Gasteiger partial charge in [-0.3, -0.25) is 10.1 Å². The van der Waals surface area contributed by atoms with Gasteiger partial charge in [-0.1, -0.05) is 12.1 Å². The molecule has 0 aliphatic heterocycles. The van der Waals surface area contributed by atoms with Crippen molar-refractivity contribution in [1.82, 2.24) is 0 Å². The fourth-order valence-electron chi connectivity index (χ4n) is 1.82. The molecule has 5 nitrogen and oxygen atoms in total. The summed E-state index contributed by atoms with van der Waals surface area (Å²) in [7, 11) is 0. The van der Waals surface area contributed by atoms with Gasteiger partial charge in [-0.05, 0) is 39.7 Å². The predicted molar refractivity (Wildman–Crippen MR) is 79.4 cm³/mol. The van der Waals surface area contributed by atoms with Crippen LogP contribution in [0.4, 0.5) is 10.1 Å². The predicted octanol–water partition coefficient (Wildman–Crippen LogP) is 3.53. The van der Waals surface area contributed by atoms with E-state index in [9.17, 15) is 14.5 Å². The molecule has 0 saturated heterocycles. The Kier molecular flexibility index (Phi) is 4.87. The first-order chi connectivity index (χ1) is 10.0. The summed E-state index contributed by atoms with van der Waals surface area (Å²) in [6.45, 7) is 0.397. The van der Waals surface area contributed by atoms with Gasteiger partial charge >= 0.3 is 5.69 Å². The zero-order valence-corrected chi connectivity index (χ0v) is 12.5. The molecule has 0 saturated carbocycles. The summed E-state index contributed by atoms with van der Waals surface area (Å²) in [5, 5.41) is 10.6. The van der Waals surface area contributed by atoms with E-state index in [0.717, 1.165) is 22.2 Å². The van der Waals surface area contributed by atoms with Crippen molar-refractivity contribution in [3.05, 3.63) is 67.9 Å². The average Bonchev–Trinajstić information content (AvgIpc) is 2.45. The Morgan fingerprint density at radius 3 is 2.71 bits per heavy atom. The van der Waals surface area contributed by atoms with Gasteiger partial charge < -0.3 is 10.5 Å². The van der Waals surface area contributed by atoms with E-state index in [2.05, 4.69) is 15.9 Å².